The summed E-state index contributed by atoms with van der Waals surface area (Å²) in [6.45, 7) is 2.26. The van der Waals surface area contributed by atoms with Gasteiger partial charge in [-0.2, -0.15) is 0 Å². The van der Waals surface area contributed by atoms with E-state index in [1.54, 1.807) is 6.92 Å². The van der Waals surface area contributed by atoms with Crippen molar-refractivity contribution in [2.45, 2.75) is 19.4 Å². The van der Waals surface area contributed by atoms with Crippen LogP contribution < -0.4 is 0 Å². The first-order chi connectivity index (χ1) is 6.24. The Balaban J connectivity index is 3.62. The number of methoxy groups -OCH3 is 1. The number of carbonyl (C=O) groups excluding carboxylic acids is 1. The minimum Gasteiger partial charge on any atom is -0.466 e. The predicted octanol–water partition coefficient (Wildman–Crippen LogP) is 1.17. The lowest BCUT2D eigenvalue weighted by Gasteiger charge is -2.13. The van der Waals surface area contributed by atoms with Crippen molar-refractivity contribution in [3.8, 4) is 0 Å². The van der Waals surface area contributed by atoms with Crippen LogP contribution in [0.15, 0.2) is 0 Å². The largest absolute Gasteiger partial charge is 0.466 e. The average molecular weight is 211 g/mol. The van der Waals surface area contributed by atoms with Crippen LogP contribution in [0.2, 0.25) is 0 Å². The van der Waals surface area contributed by atoms with Crippen molar-refractivity contribution < 1.29 is 19.0 Å². The molecule has 0 bridgehead atoms. The van der Waals surface area contributed by atoms with Crippen LogP contribution >= 0.6 is 11.6 Å². The smallest absolute Gasteiger partial charge is 0.308 e. The topological polar surface area (TPSA) is 44.8 Å². The van der Waals surface area contributed by atoms with Crippen LogP contribution in [0.1, 0.15) is 13.3 Å². The summed E-state index contributed by atoms with van der Waals surface area (Å²) < 4.78 is 14.5. The molecule has 4 nitrogen and oxygen atoms in total. The third kappa shape index (κ3) is 6.81. The normalized spacial score (nSPS) is 12.5. The van der Waals surface area contributed by atoms with E-state index in [-0.39, 0.29) is 31.2 Å². The molecule has 0 aliphatic carbocycles. The van der Waals surface area contributed by atoms with Crippen LogP contribution in [0.5, 0.6) is 0 Å². The Morgan fingerprint density at radius 1 is 1.54 bits per heavy atom. The molecule has 0 saturated carbocycles. The molecule has 0 fully saturated rings. The molecule has 0 aromatic heterocycles. The van der Waals surface area contributed by atoms with Crippen LogP contribution in [-0.4, -0.2) is 38.5 Å². The summed E-state index contributed by atoms with van der Waals surface area (Å²) in [6, 6.07) is 0. The Labute approximate surface area is 83.1 Å². The lowest BCUT2D eigenvalue weighted by molar-refractivity contribution is -0.148. The summed E-state index contributed by atoms with van der Waals surface area (Å²) in [7, 11) is 1.51. The molecule has 0 radical (unpaired) electrons. The second kappa shape index (κ2) is 8.29. The maximum Gasteiger partial charge on any atom is 0.308 e. The van der Waals surface area contributed by atoms with Crippen molar-refractivity contribution in [2.75, 3.05) is 26.4 Å². The standard InChI is InChI=1S/C8H15ClO4/c1-3-12-8(10)4-7(5-9)13-6-11-2/h7H,3-6H2,1-2H3. The van der Waals surface area contributed by atoms with Crippen LogP contribution in [0.4, 0.5) is 0 Å². The zero-order valence-corrected chi connectivity index (χ0v) is 8.67. The maximum absolute atomic E-state index is 11.0. The summed E-state index contributed by atoms with van der Waals surface area (Å²) in [5.74, 6) is -0.0495. The van der Waals surface area contributed by atoms with Gasteiger partial charge in [-0.25, -0.2) is 0 Å². The van der Waals surface area contributed by atoms with E-state index in [0.717, 1.165) is 0 Å². The summed E-state index contributed by atoms with van der Waals surface area (Å²) >= 11 is 5.56. The molecule has 0 saturated heterocycles. The SMILES string of the molecule is CCOC(=O)CC(CCl)OCOC. The van der Waals surface area contributed by atoms with E-state index < -0.39 is 0 Å². The number of ether oxygens (including phenoxy) is 3. The summed E-state index contributed by atoms with van der Waals surface area (Å²) in [6.07, 6.45) is -0.165. The second-order valence-electron chi connectivity index (χ2n) is 2.36. The lowest BCUT2D eigenvalue weighted by atomic mass is 10.3. The van der Waals surface area contributed by atoms with E-state index in [1.807, 2.05) is 0 Å². The number of alkyl halides is 1. The van der Waals surface area contributed by atoms with Crippen LogP contribution in [-0.2, 0) is 19.0 Å². The molecule has 0 aromatic carbocycles. The fraction of sp³-hybridized carbons (Fsp3) is 0.875. The molecule has 0 aromatic rings. The van der Waals surface area contributed by atoms with Gasteiger partial charge in [0.1, 0.15) is 6.79 Å². The van der Waals surface area contributed by atoms with E-state index in [0.29, 0.717) is 6.61 Å². The maximum atomic E-state index is 11.0. The minimum absolute atomic E-state index is 0.136. The van der Waals surface area contributed by atoms with Gasteiger partial charge >= 0.3 is 5.97 Å². The molecule has 0 N–H and O–H groups in total. The van der Waals surface area contributed by atoms with Crippen molar-refractivity contribution in [3.63, 3.8) is 0 Å². The zero-order valence-electron chi connectivity index (χ0n) is 7.92. The summed E-state index contributed by atoms with van der Waals surface area (Å²) in [5, 5.41) is 0. The molecule has 1 unspecified atom stereocenters. The molecular weight excluding hydrogens is 196 g/mol. The number of hydrogen-bond acceptors (Lipinski definition) is 4. The fourth-order valence-electron chi connectivity index (χ4n) is 0.728. The molecule has 78 valence electrons. The summed E-state index contributed by atoms with van der Waals surface area (Å²) in [5.41, 5.74) is 0. The van der Waals surface area contributed by atoms with E-state index >= 15 is 0 Å². The third-order valence-electron chi connectivity index (χ3n) is 1.29. The van der Waals surface area contributed by atoms with Gasteiger partial charge in [0.2, 0.25) is 0 Å². The van der Waals surface area contributed by atoms with Crippen molar-refractivity contribution in [1.29, 1.82) is 0 Å². The lowest BCUT2D eigenvalue weighted by Crippen LogP contribution is -2.22. The Kier molecular flexibility index (Phi) is 8.08. The van der Waals surface area contributed by atoms with Gasteiger partial charge in [0.15, 0.2) is 0 Å². The first kappa shape index (κ1) is 12.7. The second-order valence-corrected chi connectivity index (χ2v) is 2.67. The third-order valence-corrected chi connectivity index (χ3v) is 1.64. The van der Waals surface area contributed by atoms with E-state index in [1.165, 1.54) is 7.11 Å². The molecule has 0 spiro atoms. The number of carbonyl (C=O) groups is 1. The molecule has 0 amide bonds. The van der Waals surface area contributed by atoms with Gasteiger partial charge in [-0.3, -0.25) is 4.79 Å². The first-order valence-corrected chi connectivity index (χ1v) is 4.60. The molecule has 0 heterocycles. The molecule has 5 heteroatoms. The molecule has 0 rings (SSSR count). The minimum atomic E-state index is -0.333. The summed E-state index contributed by atoms with van der Waals surface area (Å²) in [4.78, 5) is 11.0. The average Bonchev–Trinajstić information content (AvgIpc) is 2.12. The number of halogens is 1. The van der Waals surface area contributed by atoms with Crippen molar-refractivity contribution in [1.82, 2.24) is 0 Å². The highest BCUT2D eigenvalue weighted by Crippen LogP contribution is 2.03. The highest BCUT2D eigenvalue weighted by molar-refractivity contribution is 6.18. The van der Waals surface area contributed by atoms with Gasteiger partial charge < -0.3 is 14.2 Å². The van der Waals surface area contributed by atoms with E-state index in [4.69, 9.17) is 21.1 Å². The zero-order chi connectivity index (χ0) is 10.1. The van der Waals surface area contributed by atoms with Crippen LogP contribution in [0.3, 0.4) is 0 Å². The Morgan fingerprint density at radius 2 is 2.23 bits per heavy atom. The van der Waals surface area contributed by atoms with Crippen molar-refractivity contribution in [2.24, 2.45) is 0 Å². The predicted molar refractivity (Wildman–Crippen MR) is 48.7 cm³/mol. The van der Waals surface area contributed by atoms with Gasteiger partial charge in [-0.1, -0.05) is 0 Å². The highest BCUT2D eigenvalue weighted by atomic mass is 35.5. The van der Waals surface area contributed by atoms with E-state index in [2.05, 4.69) is 4.74 Å². The fourth-order valence-corrected chi connectivity index (χ4v) is 0.926. The number of rotatable bonds is 7. The quantitative estimate of drug-likeness (QED) is 0.360. The van der Waals surface area contributed by atoms with Gasteiger partial charge in [0, 0.05) is 13.0 Å². The van der Waals surface area contributed by atoms with Crippen LogP contribution in [0.25, 0.3) is 0 Å². The van der Waals surface area contributed by atoms with Crippen molar-refractivity contribution >= 4 is 17.6 Å². The van der Waals surface area contributed by atoms with Crippen LogP contribution in [0, 0.1) is 0 Å². The Bertz CT molecular complexity index is 140. The molecular formula is C8H15ClO4. The van der Waals surface area contributed by atoms with Gasteiger partial charge in [-0.05, 0) is 6.92 Å². The Hall–Kier alpha value is -0.320. The highest BCUT2D eigenvalue weighted by Gasteiger charge is 2.13. The monoisotopic (exact) mass is 210 g/mol. The molecule has 0 aliphatic rings. The van der Waals surface area contributed by atoms with Crippen molar-refractivity contribution in [3.05, 3.63) is 0 Å². The molecule has 0 aliphatic heterocycles. The number of esters is 1. The van der Waals surface area contributed by atoms with Gasteiger partial charge in [0.05, 0.1) is 19.1 Å². The van der Waals surface area contributed by atoms with E-state index in [9.17, 15) is 4.79 Å². The number of hydrogen-bond donors (Lipinski definition) is 0. The Morgan fingerprint density at radius 3 is 2.69 bits per heavy atom. The molecule has 13 heavy (non-hydrogen) atoms. The first-order valence-electron chi connectivity index (χ1n) is 4.06. The van der Waals surface area contributed by atoms with Gasteiger partial charge in [0.25, 0.3) is 0 Å². The van der Waals surface area contributed by atoms with Gasteiger partial charge in [-0.15, -0.1) is 11.6 Å². The molecule has 1 atom stereocenters.